The number of rotatable bonds is 6. The van der Waals surface area contributed by atoms with Gasteiger partial charge in [0.05, 0.1) is 0 Å². The summed E-state index contributed by atoms with van der Waals surface area (Å²) in [5, 5.41) is 9.60. The number of carboxylic acids is 1. The monoisotopic (exact) mass is 412 g/mol. The fourth-order valence-electron chi connectivity index (χ4n) is 3.50. The van der Waals surface area contributed by atoms with Gasteiger partial charge in [-0.2, -0.15) is 0 Å². The molecular formula is C23H18Cl2O3. The van der Waals surface area contributed by atoms with Gasteiger partial charge in [-0.1, -0.05) is 96.0 Å². The minimum atomic E-state index is -1.28. The highest BCUT2D eigenvalue weighted by molar-refractivity contribution is 6.54. The number of aliphatic carboxylic acids is 1. The van der Waals surface area contributed by atoms with E-state index in [1.165, 1.54) is 0 Å². The quantitative estimate of drug-likeness (QED) is 0.523. The lowest BCUT2D eigenvalue weighted by atomic mass is 9.96. The molecule has 3 nitrogen and oxygen atoms in total. The van der Waals surface area contributed by atoms with E-state index in [4.69, 9.17) is 27.9 Å². The first-order chi connectivity index (χ1) is 13.4. The molecule has 0 aliphatic heterocycles. The Bertz CT molecular complexity index is 932. The van der Waals surface area contributed by atoms with Crippen LogP contribution in [0.25, 0.3) is 0 Å². The Hall–Kier alpha value is -2.49. The molecule has 1 N–H and O–H groups in total. The molecule has 0 radical (unpaired) electrons. The molecular weight excluding hydrogens is 395 g/mol. The van der Waals surface area contributed by atoms with Gasteiger partial charge in [-0.15, -0.1) is 0 Å². The van der Waals surface area contributed by atoms with E-state index >= 15 is 0 Å². The summed E-state index contributed by atoms with van der Waals surface area (Å²) in [6.07, 6.45) is -0.0854. The molecule has 0 saturated heterocycles. The van der Waals surface area contributed by atoms with Crippen molar-refractivity contribution in [3.8, 4) is 5.75 Å². The van der Waals surface area contributed by atoms with Crippen LogP contribution in [-0.4, -0.2) is 15.4 Å². The molecule has 1 saturated carbocycles. The van der Waals surface area contributed by atoms with Crippen LogP contribution in [0.3, 0.4) is 0 Å². The molecule has 1 fully saturated rings. The van der Waals surface area contributed by atoms with Crippen LogP contribution in [0.2, 0.25) is 0 Å². The van der Waals surface area contributed by atoms with E-state index < -0.39 is 15.7 Å². The minimum absolute atomic E-state index is 0.190. The Balaban J connectivity index is 1.63. The van der Waals surface area contributed by atoms with Gasteiger partial charge in [0.25, 0.3) is 0 Å². The van der Waals surface area contributed by atoms with Gasteiger partial charge >= 0.3 is 5.97 Å². The van der Waals surface area contributed by atoms with Gasteiger partial charge in [0.2, 0.25) is 0 Å². The van der Waals surface area contributed by atoms with Crippen molar-refractivity contribution in [1.82, 2.24) is 0 Å². The second kappa shape index (κ2) is 7.16. The molecule has 0 heterocycles. The van der Waals surface area contributed by atoms with E-state index in [9.17, 15) is 9.90 Å². The largest absolute Gasteiger partial charge is 0.481 e. The maximum absolute atomic E-state index is 11.7. The lowest BCUT2D eigenvalue weighted by molar-refractivity contribution is -0.140. The van der Waals surface area contributed by atoms with Crippen molar-refractivity contribution in [1.29, 1.82) is 0 Å². The van der Waals surface area contributed by atoms with Gasteiger partial charge in [-0.3, -0.25) is 4.79 Å². The lowest BCUT2D eigenvalue weighted by Gasteiger charge is -2.21. The van der Waals surface area contributed by atoms with Crippen molar-refractivity contribution < 1.29 is 14.6 Å². The first-order valence-electron chi connectivity index (χ1n) is 8.92. The Morgan fingerprint density at radius 2 is 1.32 bits per heavy atom. The molecule has 1 aliphatic carbocycles. The van der Waals surface area contributed by atoms with E-state index in [1.807, 2.05) is 60.7 Å². The second-order valence-electron chi connectivity index (χ2n) is 6.94. The number of hydrogen-bond donors (Lipinski definition) is 1. The lowest BCUT2D eigenvalue weighted by Crippen LogP contribution is -2.26. The summed E-state index contributed by atoms with van der Waals surface area (Å²) >= 11 is 12.3. The van der Waals surface area contributed by atoms with Crippen LogP contribution in [0.1, 0.15) is 29.2 Å². The third kappa shape index (κ3) is 3.25. The zero-order chi connectivity index (χ0) is 19.8. The molecule has 0 amide bonds. The van der Waals surface area contributed by atoms with Crippen molar-refractivity contribution >= 4 is 29.2 Å². The van der Waals surface area contributed by atoms with Crippen molar-refractivity contribution in [2.75, 3.05) is 0 Å². The molecule has 0 bridgehead atoms. The first kappa shape index (κ1) is 18.9. The molecule has 1 unspecified atom stereocenters. The molecule has 3 aromatic rings. The smallest absolute Gasteiger partial charge is 0.317 e. The Morgan fingerprint density at radius 3 is 1.71 bits per heavy atom. The summed E-state index contributed by atoms with van der Waals surface area (Å²) in [4.78, 5) is 11.7. The summed E-state index contributed by atoms with van der Waals surface area (Å²) < 4.78 is 4.99. The highest BCUT2D eigenvalue weighted by Gasteiger charge is 2.72. The van der Waals surface area contributed by atoms with Crippen LogP contribution >= 0.6 is 23.2 Å². The topological polar surface area (TPSA) is 46.5 Å². The zero-order valence-electron chi connectivity index (χ0n) is 14.9. The van der Waals surface area contributed by atoms with Crippen molar-refractivity contribution in [3.63, 3.8) is 0 Å². The van der Waals surface area contributed by atoms with Crippen molar-refractivity contribution in [3.05, 3.63) is 102 Å². The second-order valence-corrected chi connectivity index (χ2v) is 8.42. The highest BCUT2D eigenvalue weighted by atomic mass is 35.5. The number of carboxylic acid groups (broad SMARTS) is 1. The summed E-state index contributed by atoms with van der Waals surface area (Å²) in [5.74, 6) is -0.380. The fourth-order valence-corrected chi connectivity index (χ4v) is 4.28. The molecule has 0 aromatic heterocycles. The Morgan fingerprint density at radius 1 is 0.857 bits per heavy atom. The van der Waals surface area contributed by atoms with Crippen LogP contribution in [0, 0.1) is 0 Å². The van der Waals surface area contributed by atoms with Crippen molar-refractivity contribution in [2.24, 2.45) is 0 Å². The molecule has 1 aliphatic rings. The Kier molecular flexibility index (Phi) is 4.82. The third-order valence-corrected chi connectivity index (χ3v) is 6.07. The molecule has 1 atom stereocenters. The summed E-state index contributed by atoms with van der Waals surface area (Å²) in [7, 11) is 0. The number of ether oxygens (including phenoxy) is 1. The maximum Gasteiger partial charge on any atom is 0.317 e. The van der Waals surface area contributed by atoms with Crippen LogP contribution in [-0.2, 0) is 10.2 Å². The van der Waals surface area contributed by atoms with Crippen LogP contribution in [0.4, 0.5) is 0 Å². The molecule has 142 valence electrons. The van der Waals surface area contributed by atoms with E-state index in [2.05, 4.69) is 0 Å². The summed E-state index contributed by atoms with van der Waals surface area (Å²) in [5.41, 5.74) is 1.38. The molecule has 3 aromatic carbocycles. The molecule has 0 spiro atoms. The van der Waals surface area contributed by atoms with Crippen LogP contribution in [0.15, 0.2) is 84.9 Å². The van der Waals surface area contributed by atoms with Gasteiger partial charge in [0, 0.05) is 6.42 Å². The number of alkyl halides is 2. The Labute approximate surface area is 173 Å². The third-order valence-electron chi connectivity index (χ3n) is 5.16. The molecule has 5 heteroatoms. The van der Waals surface area contributed by atoms with Gasteiger partial charge in [0.1, 0.15) is 21.6 Å². The predicted octanol–water partition coefficient (Wildman–Crippen LogP) is 5.76. The zero-order valence-corrected chi connectivity index (χ0v) is 16.4. The SMILES string of the molecule is O=C(O)C1(c2ccc(OC(c3ccccc3)c3ccccc3)cc2)CC1(Cl)Cl. The van der Waals surface area contributed by atoms with Gasteiger partial charge in [-0.05, 0) is 28.8 Å². The van der Waals surface area contributed by atoms with Crippen LogP contribution in [0.5, 0.6) is 5.75 Å². The predicted molar refractivity (Wildman–Crippen MR) is 110 cm³/mol. The number of benzene rings is 3. The standard InChI is InChI=1S/C23H18Cl2O3/c24-23(25)15-22(23,21(26)27)18-11-13-19(14-12-18)28-20(16-7-3-1-4-8-16)17-9-5-2-6-10-17/h1-14,20H,15H2,(H,26,27). The average molecular weight is 413 g/mol. The van der Waals surface area contributed by atoms with Gasteiger partial charge in [-0.25, -0.2) is 0 Å². The van der Waals surface area contributed by atoms with Crippen LogP contribution < -0.4 is 4.74 Å². The normalized spacial score (nSPS) is 20.0. The fraction of sp³-hybridized carbons (Fsp3) is 0.174. The van der Waals surface area contributed by atoms with Gasteiger partial charge < -0.3 is 9.84 Å². The molecule has 4 rings (SSSR count). The average Bonchev–Trinajstić information content (AvgIpc) is 3.32. The van der Waals surface area contributed by atoms with E-state index in [1.54, 1.807) is 24.3 Å². The van der Waals surface area contributed by atoms with Crippen molar-refractivity contribution in [2.45, 2.75) is 22.3 Å². The van der Waals surface area contributed by atoms with E-state index in [-0.39, 0.29) is 12.5 Å². The number of carbonyl (C=O) groups is 1. The number of halogens is 2. The maximum atomic E-state index is 11.7. The molecule has 28 heavy (non-hydrogen) atoms. The first-order valence-corrected chi connectivity index (χ1v) is 9.68. The highest BCUT2D eigenvalue weighted by Crippen LogP contribution is 2.65. The van der Waals surface area contributed by atoms with E-state index in [0.29, 0.717) is 11.3 Å². The number of hydrogen-bond acceptors (Lipinski definition) is 2. The minimum Gasteiger partial charge on any atom is -0.481 e. The summed E-state index contributed by atoms with van der Waals surface area (Å²) in [6, 6.07) is 26.9. The summed E-state index contributed by atoms with van der Waals surface area (Å²) in [6.45, 7) is 0. The van der Waals surface area contributed by atoms with E-state index in [0.717, 1.165) is 11.1 Å². The van der Waals surface area contributed by atoms with Gasteiger partial charge in [0.15, 0.2) is 0 Å².